The number of carboxylic acid groups (broad SMARTS) is 1. The number of aromatic carboxylic acids is 1. The first-order valence-electron chi connectivity index (χ1n) is 23.1. The average molecular weight is 984 g/mol. The summed E-state index contributed by atoms with van der Waals surface area (Å²) in [5.74, 6) is -1.68. The Bertz CT molecular complexity index is 2930. The Morgan fingerprint density at radius 1 is 0.444 bits per heavy atom. The summed E-state index contributed by atoms with van der Waals surface area (Å²) in [5.41, 5.74) is 18.8. The summed E-state index contributed by atoms with van der Waals surface area (Å²) in [7, 11) is 0. The van der Waals surface area contributed by atoms with Crippen molar-refractivity contribution in [2.45, 2.75) is 65.1 Å². The van der Waals surface area contributed by atoms with Crippen molar-refractivity contribution < 1.29 is 45.7 Å². The molecule has 372 valence electrons. The first-order valence-corrected chi connectivity index (χ1v) is 23.1. The van der Waals surface area contributed by atoms with Crippen molar-refractivity contribution in [1.29, 1.82) is 0 Å². The molecule has 13 heteroatoms. The molecular formula is C59H55F6N3O4. The number of rotatable bonds is 16. The lowest BCUT2D eigenvalue weighted by atomic mass is 10.0. The molecule has 8 rings (SSSR count). The molecule has 0 heterocycles. The van der Waals surface area contributed by atoms with E-state index in [1.165, 1.54) is 58.1 Å². The molecule has 0 amide bonds. The maximum Gasteiger partial charge on any atom is 0.573 e. The van der Waals surface area contributed by atoms with Crippen LogP contribution in [0, 0.1) is 13.8 Å². The van der Waals surface area contributed by atoms with Crippen molar-refractivity contribution in [3.8, 4) is 11.5 Å². The minimum Gasteiger partial charge on any atom is -0.478 e. The molecule has 0 fully saturated rings. The van der Waals surface area contributed by atoms with Crippen molar-refractivity contribution in [2.75, 3.05) is 16.4 Å². The van der Waals surface area contributed by atoms with E-state index in [4.69, 9.17) is 5.73 Å². The number of anilines is 5. The van der Waals surface area contributed by atoms with E-state index in [1.54, 1.807) is 24.3 Å². The van der Waals surface area contributed by atoms with Crippen LogP contribution in [-0.4, -0.2) is 23.8 Å². The summed E-state index contributed by atoms with van der Waals surface area (Å²) >= 11 is 0. The second-order valence-electron chi connectivity index (χ2n) is 16.9. The number of hydrogen-bond acceptors (Lipinski definition) is 6. The standard InChI is InChI=1S/C22H18F3NO3.C22H20F3NO.C15H17N/c23-22(24,25)29-18-11-9-17(10-12-18)26-20-14-16(8-13-19(20)21(27)28)7-6-15-4-2-1-3-5-15;1-16-7-8-18(10-9-17-5-3-2-4-6-17)15-21(16)26-19-11-13-20(14-12-19)27-22(23,24)25;1-12-7-8-14(11-15(12)16)10-9-13-5-3-2-4-6-13/h1-5,8-14,26H,6-7H2,(H,27,28);2-8,11-15,26H,9-10H2,1H3;2-8,11H,9-10,16H2,1H3. The highest BCUT2D eigenvalue weighted by Gasteiger charge is 2.31. The van der Waals surface area contributed by atoms with E-state index in [2.05, 4.69) is 86.8 Å². The predicted molar refractivity (Wildman–Crippen MR) is 275 cm³/mol. The Morgan fingerprint density at radius 3 is 1.18 bits per heavy atom. The maximum atomic E-state index is 12.3. The molecule has 8 aromatic rings. The zero-order chi connectivity index (χ0) is 51.5. The van der Waals surface area contributed by atoms with Crippen molar-refractivity contribution in [3.63, 3.8) is 0 Å². The molecule has 0 saturated carbocycles. The van der Waals surface area contributed by atoms with Crippen LogP contribution in [-0.2, 0) is 38.5 Å². The zero-order valence-electron chi connectivity index (χ0n) is 39.7. The molecule has 8 aromatic carbocycles. The molecule has 0 aliphatic heterocycles. The summed E-state index contributed by atoms with van der Waals surface area (Å²) in [5, 5.41) is 15.7. The highest BCUT2D eigenvalue weighted by Crippen LogP contribution is 2.29. The van der Waals surface area contributed by atoms with Crippen LogP contribution in [0.3, 0.4) is 0 Å². The van der Waals surface area contributed by atoms with Gasteiger partial charge < -0.3 is 30.9 Å². The van der Waals surface area contributed by atoms with Gasteiger partial charge in [-0.25, -0.2) is 4.79 Å². The van der Waals surface area contributed by atoms with Gasteiger partial charge >= 0.3 is 18.7 Å². The lowest BCUT2D eigenvalue weighted by Gasteiger charge is -2.13. The van der Waals surface area contributed by atoms with Gasteiger partial charge in [0.1, 0.15) is 11.5 Å². The monoisotopic (exact) mass is 983 g/mol. The van der Waals surface area contributed by atoms with Crippen LogP contribution in [0.2, 0.25) is 0 Å². The average Bonchev–Trinajstić information content (AvgIpc) is 3.35. The third-order valence-electron chi connectivity index (χ3n) is 11.3. The highest BCUT2D eigenvalue weighted by molar-refractivity contribution is 5.95. The van der Waals surface area contributed by atoms with Gasteiger partial charge in [-0.1, -0.05) is 121 Å². The van der Waals surface area contributed by atoms with Crippen LogP contribution in [0.15, 0.2) is 194 Å². The van der Waals surface area contributed by atoms with E-state index in [-0.39, 0.29) is 17.1 Å². The number of ether oxygens (including phenoxy) is 2. The molecule has 0 aliphatic rings. The number of carbonyl (C=O) groups is 1. The van der Waals surface area contributed by atoms with Crippen LogP contribution in [0.4, 0.5) is 54.8 Å². The van der Waals surface area contributed by atoms with Gasteiger partial charge in [-0.15, -0.1) is 26.3 Å². The number of alkyl halides is 6. The molecule has 72 heavy (non-hydrogen) atoms. The minimum absolute atomic E-state index is 0.0732. The van der Waals surface area contributed by atoms with Gasteiger partial charge in [-0.05, 0) is 170 Å². The van der Waals surface area contributed by atoms with Gasteiger partial charge in [-0.2, -0.15) is 0 Å². The summed E-state index contributed by atoms with van der Waals surface area (Å²) < 4.78 is 81.3. The van der Waals surface area contributed by atoms with E-state index in [9.17, 15) is 36.2 Å². The molecular weight excluding hydrogens is 929 g/mol. The van der Waals surface area contributed by atoms with Crippen LogP contribution in [0.1, 0.15) is 54.9 Å². The number of hydrogen-bond donors (Lipinski definition) is 4. The van der Waals surface area contributed by atoms with Gasteiger partial charge in [0.25, 0.3) is 0 Å². The Hall–Kier alpha value is -8.19. The third kappa shape index (κ3) is 18.3. The SMILES string of the molecule is Cc1ccc(CCc2ccccc2)cc1N.Cc1ccc(CCc2ccccc2)cc1Nc1ccc(OC(F)(F)F)cc1.O=C(O)c1ccc(CCc2ccccc2)cc1Nc1ccc(OC(F)(F)F)cc1. The minimum atomic E-state index is -4.77. The first kappa shape index (κ1) is 53.2. The van der Waals surface area contributed by atoms with Gasteiger partial charge in [0.05, 0.1) is 11.3 Å². The zero-order valence-corrected chi connectivity index (χ0v) is 39.7. The summed E-state index contributed by atoms with van der Waals surface area (Å²) in [6.07, 6.45) is -3.94. The molecule has 7 nitrogen and oxygen atoms in total. The van der Waals surface area contributed by atoms with Crippen LogP contribution in [0.5, 0.6) is 11.5 Å². The lowest BCUT2D eigenvalue weighted by molar-refractivity contribution is -0.275. The largest absolute Gasteiger partial charge is 0.573 e. The number of halogens is 6. The molecule has 0 saturated heterocycles. The van der Waals surface area contributed by atoms with E-state index in [1.807, 2.05) is 74.5 Å². The van der Waals surface area contributed by atoms with Crippen molar-refractivity contribution in [2.24, 2.45) is 0 Å². The Kier molecular flexibility index (Phi) is 18.9. The smallest absolute Gasteiger partial charge is 0.478 e. The summed E-state index contributed by atoms with van der Waals surface area (Å²) in [6, 6.07) is 59.2. The van der Waals surface area contributed by atoms with Crippen molar-refractivity contribution >= 4 is 34.4 Å². The fraction of sp³-hybridized carbons (Fsp3) is 0.169. The van der Waals surface area contributed by atoms with Gasteiger partial charge in [0, 0.05) is 22.7 Å². The second-order valence-corrected chi connectivity index (χ2v) is 16.9. The third-order valence-corrected chi connectivity index (χ3v) is 11.3. The second kappa shape index (κ2) is 25.6. The number of nitrogens with two attached hydrogens (primary N) is 1. The van der Waals surface area contributed by atoms with E-state index >= 15 is 0 Å². The summed E-state index contributed by atoms with van der Waals surface area (Å²) in [6.45, 7) is 4.03. The maximum absolute atomic E-state index is 12.3. The van der Waals surface area contributed by atoms with E-state index < -0.39 is 18.7 Å². The Labute approximate surface area is 415 Å². The van der Waals surface area contributed by atoms with E-state index in [0.29, 0.717) is 17.1 Å². The van der Waals surface area contributed by atoms with E-state index in [0.717, 1.165) is 78.7 Å². The molecule has 0 aromatic heterocycles. The Morgan fingerprint density at radius 2 is 0.792 bits per heavy atom. The molecule has 0 radical (unpaired) electrons. The van der Waals surface area contributed by atoms with Gasteiger partial charge in [0.2, 0.25) is 0 Å². The molecule has 0 spiro atoms. The molecule has 0 bridgehead atoms. The first-order chi connectivity index (χ1) is 34.4. The number of benzene rings is 8. The number of carboxylic acids is 1. The molecule has 5 N–H and O–H groups in total. The van der Waals surface area contributed by atoms with Crippen LogP contribution < -0.4 is 25.8 Å². The highest BCUT2D eigenvalue weighted by atomic mass is 19.4. The number of nitrogen functional groups attached to an aromatic ring is 1. The molecule has 0 unspecified atom stereocenters. The topological polar surface area (TPSA) is 106 Å². The van der Waals surface area contributed by atoms with Crippen molar-refractivity contribution in [3.05, 3.63) is 244 Å². The fourth-order valence-electron chi connectivity index (χ4n) is 7.43. The van der Waals surface area contributed by atoms with Gasteiger partial charge in [-0.3, -0.25) is 0 Å². The normalized spacial score (nSPS) is 11.0. The lowest BCUT2D eigenvalue weighted by Crippen LogP contribution is -2.17. The van der Waals surface area contributed by atoms with Crippen molar-refractivity contribution in [1.82, 2.24) is 0 Å². The fourth-order valence-corrected chi connectivity index (χ4v) is 7.43. The van der Waals surface area contributed by atoms with Gasteiger partial charge in [0.15, 0.2) is 0 Å². The molecule has 0 aliphatic carbocycles. The van der Waals surface area contributed by atoms with Crippen LogP contribution >= 0.6 is 0 Å². The number of aryl methyl sites for hydroxylation is 8. The molecule has 0 atom stereocenters. The number of nitrogens with one attached hydrogen (secondary N) is 2. The summed E-state index contributed by atoms with van der Waals surface area (Å²) in [4.78, 5) is 11.5. The van der Waals surface area contributed by atoms with Crippen LogP contribution in [0.25, 0.3) is 0 Å². The predicted octanol–water partition coefficient (Wildman–Crippen LogP) is 15.6. The Balaban J connectivity index is 0.000000184. The quantitative estimate of drug-likeness (QED) is 0.0564.